The van der Waals surface area contributed by atoms with Gasteiger partial charge in [-0.3, -0.25) is 14.8 Å². The first-order chi connectivity index (χ1) is 23.9. The van der Waals surface area contributed by atoms with E-state index in [1.165, 1.54) is 87.7 Å². The Hall–Kier alpha value is -4.17. The van der Waals surface area contributed by atoms with E-state index in [9.17, 15) is 20.4 Å². The average molecular weight is 682 g/mol. The van der Waals surface area contributed by atoms with Gasteiger partial charge in [-0.1, -0.05) is 133 Å². The topological polar surface area (TPSA) is 100 Å². The molecule has 5 rings (SSSR count). The number of nitrogens with zero attached hydrogens (tertiary/aromatic N) is 2. The van der Waals surface area contributed by atoms with Crippen LogP contribution in [0.25, 0.3) is 5.69 Å². The predicted octanol–water partition coefficient (Wildman–Crippen LogP) is 11.1. The number of aromatic nitrogens is 2. The van der Waals surface area contributed by atoms with E-state index in [1.807, 2.05) is 30.3 Å². The van der Waals surface area contributed by atoms with Gasteiger partial charge in [-0.05, 0) is 54.5 Å². The largest absolute Gasteiger partial charge is 0.508 e. The zero-order chi connectivity index (χ0) is 34.6. The third-order valence-electron chi connectivity index (χ3n) is 9.58. The van der Waals surface area contributed by atoms with Crippen LogP contribution in [0.1, 0.15) is 137 Å². The van der Waals surface area contributed by atoms with Crippen molar-refractivity contribution in [3.8, 4) is 28.8 Å². The van der Waals surface area contributed by atoms with Crippen LogP contribution in [0.5, 0.6) is 23.1 Å². The summed E-state index contributed by atoms with van der Waals surface area (Å²) >= 11 is 5.95. The molecule has 260 valence electrons. The van der Waals surface area contributed by atoms with Crippen molar-refractivity contribution in [1.82, 2.24) is 9.13 Å². The molecule has 2 heterocycles. The number of fused-ring (bicyclic) bond motifs is 2. The highest BCUT2D eigenvalue weighted by Crippen LogP contribution is 2.47. The lowest BCUT2D eigenvalue weighted by atomic mass is 9.83. The van der Waals surface area contributed by atoms with Gasteiger partial charge in [0.05, 0.1) is 5.56 Å². The fourth-order valence-electron chi connectivity index (χ4n) is 6.90. The molecule has 49 heavy (non-hydrogen) atoms. The van der Waals surface area contributed by atoms with Crippen molar-refractivity contribution in [1.29, 1.82) is 5.41 Å². The summed E-state index contributed by atoms with van der Waals surface area (Å²) in [6, 6.07) is 21.1. The molecular weight excluding hydrogens is 631 g/mol. The van der Waals surface area contributed by atoms with Crippen LogP contribution in [-0.4, -0.2) is 25.3 Å². The summed E-state index contributed by atoms with van der Waals surface area (Å²) in [6.45, 7) is 2.26. The number of ether oxygens (including phenoxy) is 1. The molecule has 0 spiro atoms. The molecule has 1 aliphatic rings. The second-order valence-electron chi connectivity index (χ2n) is 13.3. The number of nitrogens with one attached hydrogen (secondary N) is 1. The van der Waals surface area contributed by atoms with E-state index in [-0.39, 0.29) is 33.5 Å². The highest BCUT2D eigenvalue weighted by atomic mass is 32.1. The lowest BCUT2D eigenvalue weighted by Gasteiger charge is -2.31. The molecule has 3 N–H and O–H groups in total. The summed E-state index contributed by atoms with van der Waals surface area (Å²) in [6.07, 6.45) is 19.0. The van der Waals surface area contributed by atoms with Gasteiger partial charge in [0.1, 0.15) is 22.7 Å². The highest BCUT2D eigenvalue weighted by molar-refractivity contribution is 7.71. The van der Waals surface area contributed by atoms with Gasteiger partial charge in [-0.15, -0.1) is 0 Å². The lowest BCUT2D eigenvalue weighted by molar-refractivity contribution is 0.0883. The van der Waals surface area contributed by atoms with Crippen molar-refractivity contribution in [3.63, 3.8) is 0 Å². The second-order valence-corrected chi connectivity index (χ2v) is 13.7. The van der Waals surface area contributed by atoms with Gasteiger partial charge in [-0.25, -0.2) is 4.57 Å². The van der Waals surface area contributed by atoms with E-state index in [1.54, 1.807) is 41.0 Å². The fraction of sp³-hybridized carbons (Fsp3) is 0.439. The Bertz CT molecular complexity index is 1800. The minimum absolute atomic E-state index is 0.0299. The third kappa shape index (κ3) is 9.09. The molecule has 8 heteroatoms. The number of phenols is 2. The number of rotatable bonds is 18. The van der Waals surface area contributed by atoms with Crippen LogP contribution >= 0.6 is 12.2 Å². The summed E-state index contributed by atoms with van der Waals surface area (Å²) in [5.74, 6) is 0.0515. The van der Waals surface area contributed by atoms with E-state index in [4.69, 9.17) is 17.0 Å². The van der Waals surface area contributed by atoms with Crippen molar-refractivity contribution >= 4 is 18.1 Å². The van der Waals surface area contributed by atoms with Gasteiger partial charge < -0.3 is 14.9 Å². The first-order valence-electron chi connectivity index (χ1n) is 18.3. The summed E-state index contributed by atoms with van der Waals surface area (Å²) in [5, 5.41) is 29.9. The lowest BCUT2D eigenvalue weighted by Crippen LogP contribution is -2.34. The van der Waals surface area contributed by atoms with Crippen molar-refractivity contribution in [2.75, 3.05) is 0 Å². The summed E-state index contributed by atoms with van der Waals surface area (Å²) in [7, 11) is 0. The van der Waals surface area contributed by atoms with Crippen LogP contribution in [-0.2, 0) is 0 Å². The molecule has 1 aliphatic heterocycles. The minimum atomic E-state index is -0.511. The predicted molar refractivity (Wildman–Crippen MR) is 198 cm³/mol. The maximum Gasteiger partial charge on any atom is 0.235 e. The van der Waals surface area contributed by atoms with Crippen LogP contribution in [0.4, 0.5) is 0 Å². The normalized spacial score (nSPS) is 13.4. The smallest absolute Gasteiger partial charge is 0.235 e. The number of carbonyl (C=O) groups excluding carboxylic acids is 1. The summed E-state index contributed by atoms with van der Waals surface area (Å²) in [4.78, 5) is 14.1. The molecule has 1 aromatic heterocycles. The van der Waals surface area contributed by atoms with Crippen molar-refractivity contribution in [3.05, 3.63) is 99.7 Å². The Morgan fingerprint density at radius 1 is 0.755 bits per heavy atom. The number of hydrogen-bond acceptors (Lipinski definition) is 6. The summed E-state index contributed by atoms with van der Waals surface area (Å²) < 4.78 is 9.63. The van der Waals surface area contributed by atoms with Crippen LogP contribution < -0.4 is 10.2 Å². The molecule has 3 aromatic carbocycles. The second kappa shape index (κ2) is 18.0. The number of carbonyl (C=O) groups is 1. The maximum atomic E-state index is 14.1. The molecule has 0 fully saturated rings. The van der Waals surface area contributed by atoms with Gasteiger partial charge in [0.2, 0.25) is 11.8 Å². The Labute approximate surface area is 295 Å². The van der Waals surface area contributed by atoms with Crippen molar-refractivity contribution in [2.45, 2.75) is 116 Å². The molecular formula is C41H51N3O4S. The molecule has 0 radical (unpaired) electrons. The highest BCUT2D eigenvalue weighted by Gasteiger charge is 2.35. The minimum Gasteiger partial charge on any atom is -0.508 e. The Morgan fingerprint density at radius 2 is 1.31 bits per heavy atom. The molecule has 0 saturated heterocycles. The van der Waals surface area contributed by atoms with Crippen LogP contribution in [0.2, 0.25) is 0 Å². The number of para-hydroxylation sites is 1. The number of phenolic OH excluding ortho intramolecular Hbond substituents is 2. The number of benzene rings is 3. The maximum absolute atomic E-state index is 14.1. The van der Waals surface area contributed by atoms with Crippen molar-refractivity contribution < 1.29 is 19.7 Å². The van der Waals surface area contributed by atoms with Crippen LogP contribution in [0.15, 0.2) is 72.8 Å². The molecule has 0 amide bonds. The number of aromatic hydroxyl groups is 2. The van der Waals surface area contributed by atoms with E-state index < -0.39 is 5.92 Å². The van der Waals surface area contributed by atoms with Crippen molar-refractivity contribution in [2.24, 2.45) is 0 Å². The first-order valence-corrected chi connectivity index (χ1v) is 18.7. The molecule has 7 nitrogen and oxygen atoms in total. The van der Waals surface area contributed by atoms with Gasteiger partial charge >= 0.3 is 0 Å². The Morgan fingerprint density at radius 3 is 1.90 bits per heavy atom. The Balaban J connectivity index is 1.30. The number of unbranched alkanes of at least 4 members (excludes halogenated alkanes) is 14. The molecule has 4 aromatic rings. The average Bonchev–Trinajstić information content (AvgIpc) is 3.10. The molecule has 0 saturated carbocycles. The van der Waals surface area contributed by atoms with Crippen LogP contribution in [0.3, 0.4) is 0 Å². The van der Waals surface area contributed by atoms with Gasteiger partial charge in [-0.2, -0.15) is 0 Å². The third-order valence-corrected chi connectivity index (χ3v) is 9.95. The quantitative estimate of drug-likeness (QED) is 0.0631. The molecule has 1 unspecified atom stereocenters. The monoisotopic (exact) mass is 681 g/mol. The standard InChI is InChI=1S/C41H51N3O4S/c1-2-3-4-5-6-7-8-9-10-11-12-13-14-15-19-22-36(47)44-40-38(39(42)43(41(44)49)31-20-17-16-18-21-31)37(30-23-25-32(45)26-24-30)34-28-27-33(46)29-35(34)48-40/h16-18,20-21,23-29,37,42,45-46H,2-15,19,22H2,1H3. The van der Waals surface area contributed by atoms with E-state index in [0.717, 1.165) is 30.4 Å². The van der Waals surface area contributed by atoms with E-state index in [0.29, 0.717) is 23.4 Å². The zero-order valence-corrected chi connectivity index (χ0v) is 29.6. The van der Waals surface area contributed by atoms with Gasteiger partial charge in [0, 0.05) is 29.7 Å². The molecule has 0 bridgehead atoms. The SMILES string of the molecule is CCCCCCCCCCCCCCCCCC(=O)n1c2c(c(=N)n(-c3ccccc3)c1=S)C(c1ccc(O)cc1)c1ccc(O)cc1O2. The van der Waals surface area contributed by atoms with E-state index >= 15 is 0 Å². The van der Waals surface area contributed by atoms with Gasteiger partial charge in [0.15, 0.2) is 4.77 Å². The van der Waals surface area contributed by atoms with Gasteiger partial charge in [0.25, 0.3) is 0 Å². The summed E-state index contributed by atoms with van der Waals surface area (Å²) in [5.41, 5.74) is 2.82. The fourth-order valence-corrected chi connectivity index (χ4v) is 7.29. The Kier molecular flexibility index (Phi) is 13.3. The molecule has 1 atom stereocenters. The van der Waals surface area contributed by atoms with E-state index in [2.05, 4.69) is 6.92 Å². The first kappa shape index (κ1) is 36.1. The zero-order valence-electron chi connectivity index (χ0n) is 28.8. The number of hydrogen-bond donors (Lipinski definition) is 3. The van der Waals surface area contributed by atoms with Crippen LogP contribution in [0, 0.1) is 10.2 Å². The molecule has 0 aliphatic carbocycles.